The molecule has 13 rings (SSSR count). The topological polar surface area (TPSA) is 21.3 Å². The highest BCUT2D eigenvalue weighted by atomic mass is 16.3. The van der Waals surface area contributed by atoms with Crippen LogP contribution in [0.5, 0.6) is 0 Å². The molecule has 284 valence electrons. The number of hydrogen-bond acceptors (Lipinski definition) is 2. The molecule has 0 atom stereocenters. The number of para-hydroxylation sites is 1. The molecule has 0 aliphatic carbocycles. The van der Waals surface area contributed by atoms with E-state index in [0.29, 0.717) is 0 Å². The quantitative estimate of drug-likeness (QED) is 0.162. The van der Waals surface area contributed by atoms with Gasteiger partial charge in [-0.25, -0.2) is 0 Å². The second-order valence-corrected chi connectivity index (χ2v) is 16.1. The molecule has 2 aromatic heterocycles. The molecule has 3 heteroatoms. The number of fused-ring (bicyclic) bond motifs is 11. The van der Waals surface area contributed by atoms with Crippen LogP contribution in [0, 0.1) is 0 Å². The van der Waals surface area contributed by atoms with Gasteiger partial charge in [-0.2, -0.15) is 0 Å². The molecule has 0 amide bonds. The number of aromatic nitrogens is 1. The van der Waals surface area contributed by atoms with Gasteiger partial charge in [0, 0.05) is 33.2 Å². The molecule has 0 aliphatic heterocycles. The van der Waals surface area contributed by atoms with Crippen LogP contribution in [-0.4, -0.2) is 4.57 Å². The molecular weight excluding hydrogens is 741 g/mol. The number of anilines is 3. The SMILES string of the molecule is c1ccc2cc(-n3c4ccccc4c4cc(N(c5ccc(-c6cc7ccccc7c7ccccc67)cc5)c5cccc6oc7cc8ccccc8cc7c56)ccc43)ccc2c1. The van der Waals surface area contributed by atoms with E-state index in [-0.39, 0.29) is 0 Å². The summed E-state index contributed by atoms with van der Waals surface area (Å²) >= 11 is 0. The molecule has 0 aliphatic rings. The van der Waals surface area contributed by atoms with Gasteiger partial charge in [0.1, 0.15) is 11.2 Å². The summed E-state index contributed by atoms with van der Waals surface area (Å²) in [6.07, 6.45) is 0. The van der Waals surface area contributed by atoms with Crippen LogP contribution in [0.25, 0.3) is 104 Å². The van der Waals surface area contributed by atoms with Crippen molar-refractivity contribution in [3.05, 3.63) is 218 Å². The molecule has 0 fully saturated rings. The number of rotatable bonds is 5. The van der Waals surface area contributed by atoms with Crippen molar-refractivity contribution in [2.75, 3.05) is 4.90 Å². The van der Waals surface area contributed by atoms with Crippen molar-refractivity contribution in [2.45, 2.75) is 0 Å². The average Bonchev–Trinajstić information content (AvgIpc) is 3.86. The molecule has 0 unspecified atom stereocenters. The Morgan fingerprint density at radius 1 is 0.344 bits per heavy atom. The maximum absolute atomic E-state index is 6.66. The van der Waals surface area contributed by atoms with E-state index in [2.05, 4.69) is 228 Å². The lowest BCUT2D eigenvalue weighted by molar-refractivity contribution is 0.669. The van der Waals surface area contributed by atoms with E-state index in [0.717, 1.165) is 55.6 Å². The highest BCUT2D eigenvalue weighted by Crippen LogP contribution is 2.46. The van der Waals surface area contributed by atoms with Crippen molar-refractivity contribution in [1.29, 1.82) is 0 Å². The van der Waals surface area contributed by atoms with E-state index in [9.17, 15) is 0 Å². The predicted molar refractivity (Wildman–Crippen MR) is 258 cm³/mol. The van der Waals surface area contributed by atoms with E-state index >= 15 is 0 Å². The van der Waals surface area contributed by atoms with Gasteiger partial charge in [0.2, 0.25) is 0 Å². The Labute approximate surface area is 351 Å². The predicted octanol–water partition coefficient (Wildman–Crippen LogP) is 16.4. The van der Waals surface area contributed by atoms with Gasteiger partial charge in [-0.3, -0.25) is 0 Å². The van der Waals surface area contributed by atoms with Gasteiger partial charge >= 0.3 is 0 Å². The summed E-state index contributed by atoms with van der Waals surface area (Å²) in [5, 5.41) is 14.4. The van der Waals surface area contributed by atoms with Gasteiger partial charge in [0.25, 0.3) is 0 Å². The molecular formula is C58H36N2O. The Balaban J connectivity index is 1.04. The average molecular weight is 777 g/mol. The van der Waals surface area contributed by atoms with Crippen molar-refractivity contribution in [3.63, 3.8) is 0 Å². The molecule has 0 radical (unpaired) electrons. The zero-order valence-corrected chi connectivity index (χ0v) is 33.1. The van der Waals surface area contributed by atoms with Crippen LogP contribution < -0.4 is 4.90 Å². The van der Waals surface area contributed by atoms with Crippen LogP contribution in [-0.2, 0) is 0 Å². The normalized spacial score (nSPS) is 11.9. The number of furan rings is 1. The Morgan fingerprint density at radius 2 is 0.984 bits per heavy atom. The maximum Gasteiger partial charge on any atom is 0.137 e. The number of hydrogen-bond donors (Lipinski definition) is 0. The first-order valence-electron chi connectivity index (χ1n) is 20.9. The van der Waals surface area contributed by atoms with Crippen molar-refractivity contribution >= 4 is 104 Å². The Kier molecular flexibility index (Phi) is 7.31. The van der Waals surface area contributed by atoms with Crippen LogP contribution in [0.1, 0.15) is 0 Å². The highest BCUT2D eigenvalue weighted by Gasteiger charge is 2.22. The van der Waals surface area contributed by atoms with Crippen LogP contribution in [0.3, 0.4) is 0 Å². The molecule has 0 spiro atoms. The van der Waals surface area contributed by atoms with Crippen LogP contribution in [0.2, 0.25) is 0 Å². The number of benzene rings is 11. The Morgan fingerprint density at radius 3 is 1.80 bits per heavy atom. The summed E-state index contributed by atoms with van der Waals surface area (Å²) in [5.74, 6) is 0. The lowest BCUT2D eigenvalue weighted by Crippen LogP contribution is -2.10. The van der Waals surface area contributed by atoms with Crippen molar-refractivity contribution in [1.82, 2.24) is 4.57 Å². The smallest absolute Gasteiger partial charge is 0.137 e. The van der Waals surface area contributed by atoms with E-state index < -0.39 is 0 Å². The fourth-order valence-electron chi connectivity index (χ4n) is 9.88. The molecule has 2 heterocycles. The first-order valence-corrected chi connectivity index (χ1v) is 20.9. The largest absolute Gasteiger partial charge is 0.456 e. The molecule has 61 heavy (non-hydrogen) atoms. The monoisotopic (exact) mass is 776 g/mol. The third kappa shape index (κ3) is 5.24. The maximum atomic E-state index is 6.66. The van der Waals surface area contributed by atoms with E-state index in [1.165, 1.54) is 65.1 Å². The van der Waals surface area contributed by atoms with Gasteiger partial charge in [-0.15, -0.1) is 0 Å². The van der Waals surface area contributed by atoms with Crippen molar-refractivity contribution in [3.8, 4) is 16.8 Å². The standard InChI is InChI=1S/C58H36N2O/c1-2-13-39-32-44(29-24-37(39)12-1)60-53-21-10-9-20-49(53)51-36-45(30-31-54(51)60)59(55-22-11-23-56-58(55)52-33-40-14-3-4-15-41(40)35-57(52)61-56)43-27-25-38(26-28-43)50-34-42-16-5-6-17-46(42)47-18-7-8-19-48(47)50/h1-36H. The Bertz CT molecular complexity index is 3890. The molecule has 0 N–H and O–H groups in total. The Hall–Kier alpha value is -8.14. The van der Waals surface area contributed by atoms with Crippen LogP contribution >= 0.6 is 0 Å². The van der Waals surface area contributed by atoms with Gasteiger partial charge in [0.05, 0.1) is 22.1 Å². The molecule has 0 bridgehead atoms. The third-order valence-corrected chi connectivity index (χ3v) is 12.7. The molecule has 13 aromatic rings. The molecule has 0 saturated heterocycles. The van der Waals surface area contributed by atoms with E-state index in [1.807, 2.05) is 0 Å². The fraction of sp³-hybridized carbons (Fsp3) is 0. The minimum atomic E-state index is 0.862. The van der Waals surface area contributed by atoms with Gasteiger partial charge in [0.15, 0.2) is 0 Å². The highest BCUT2D eigenvalue weighted by molar-refractivity contribution is 6.18. The second-order valence-electron chi connectivity index (χ2n) is 16.1. The van der Waals surface area contributed by atoms with Crippen molar-refractivity contribution < 1.29 is 4.42 Å². The van der Waals surface area contributed by atoms with E-state index in [4.69, 9.17) is 4.42 Å². The minimum Gasteiger partial charge on any atom is -0.456 e. The zero-order valence-electron chi connectivity index (χ0n) is 33.1. The second kappa shape index (κ2) is 13.2. The summed E-state index contributed by atoms with van der Waals surface area (Å²) in [7, 11) is 0. The summed E-state index contributed by atoms with van der Waals surface area (Å²) in [5.41, 5.74) is 10.8. The van der Waals surface area contributed by atoms with Gasteiger partial charge in [-0.1, -0.05) is 140 Å². The first-order chi connectivity index (χ1) is 30.2. The molecule has 11 aromatic carbocycles. The lowest BCUT2D eigenvalue weighted by Gasteiger charge is -2.27. The summed E-state index contributed by atoms with van der Waals surface area (Å²) in [6.45, 7) is 0. The summed E-state index contributed by atoms with van der Waals surface area (Å²) in [4.78, 5) is 2.41. The molecule has 0 saturated carbocycles. The third-order valence-electron chi connectivity index (χ3n) is 12.7. The van der Waals surface area contributed by atoms with E-state index in [1.54, 1.807) is 0 Å². The van der Waals surface area contributed by atoms with Gasteiger partial charge in [-0.05, 0) is 133 Å². The summed E-state index contributed by atoms with van der Waals surface area (Å²) < 4.78 is 9.06. The van der Waals surface area contributed by atoms with Gasteiger partial charge < -0.3 is 13.9 Å². The fourth-order valence-corrected chi connectivity index (χ4v) is 9.88. The van der Waals surface area contributed by atoms with Crippen molar-refractivity contribution in [2.24, 2.45) is 0 Å². The lowest BCUT2D eigenvalue weighted by atomic mass is 9.93. The molecule has 3 nitrogen and oxygen atoms in total. The zero-order chi connectivity index (χ0) is 40.0. The van der Waals surface area contributed by atoms with Crippen LogP contribution in [0.15, 0.2) is 223 Å². The number of nitrogens with zero attached hydrogens (tertiary/aromatic N) is 2. The van der Waals surface area contributed by atoms with Crippen LogP contribution in [0.4, 0.5) is 17.1 Å². The first kappa shape index (κ1) is 33.8. The summed E-state index contributed by atoms with van der Waals surface area (Å²) in [6, 6.07) is 79.4. The minimum absolute atomic E-state index is 0.862.